The number of alkyl halides is 3. The van der Waals surface area contributed by atoms with E-state index < -0.39 is 93.5 Å². The highest BCUT2D eigenvalue weighted by atomic mass is 19.4. The van der Waals surface area contributed by atoms with Gasteiger partial charge in [-0.2, -0.15) is 22.0 Å². The fourth-order valence-electron chi connectivity index (χ4n) is 8.86. The highest BCUT2D eigenvalue weighted by Crippen LogP contribution is 2.63. The van der Waals surface area contributed by atoms with Crippen molar-refractivity contribution < 1.29 is 78.4 Å². The Bertz CT molecular complexity index is 1930. The molecule has 0 aromatic heterocycles. The van der Waals surface area contributed by atoms with Crippen LogP contribution in [0.2, 0.25) is 0 Å². The average molecular weight is 967 g/mol. The van der Waals surface area contributed by atoms with Crippen molar-refractivity contribution >= 4 is 29.8 Å². The molecule has 3 aliphatic carbocycles. The first-order chi connectivity index (χ1) is 30.6. The van der Waals surface area contributed by atoms with Gasteiger partial charge in [-0.3, -0.25) is 24.0 Å². The lowest BCUT2D eigenvalue weighted by molar-refractivity contribution is -0.174. The lowest BCUT2D eigenvalue weighted by atomic mass is 9.73. The van der Waals surface area contributed by atoms with E-state index in [0.717, 1.165) is 12.8 Å². The highest BCUT2D eigenvalue weighted by Gasteiger charge is 2.76. The summed E-state index contributed by atoms with van der Waals surface area (Å²) in [6, 6.07) is 0. The number of ether oxygens (including phenoxy) is 5. The Morgan fingerprint density at radius 3 is 1.61 bits per heavy atom. The minimum atomic E-state index is -5.77. The van der Waals surface area contributed by atoms with Gasteiger partial charge in [-0.1, -0.05) is 67.7 Å². The summed E-state index contributed by atoms with van der Waals surface area (Å²) < 4.78 is 121. The van der Waals surface area contributed by atoms with Crippen LogP contribution in [0.4, 0.5) is 30.7 Å². The number of carbonyl (C=O) groups is 5. The van der Waals surface area contributed by atoms with E-state index in [0.29, 0.717) is 24.2 Å². The second-order valence-corrected chi connectivity index (χ2v) is 21.8. The monoisotopic (exact) mass is 967 g/mol. The minimum Gasteiger partial charge on any atom is -0.461 e. The Labute approximate surface area is 391 Å². The third kappa shape index (κ3) is 12.3. The first-order valence-electron chi connectivity index (χ1n) is 23.6. The van der Waals surface area contributed by atoms with Crippen molar-refractivity contribution in [2.24, 2.45) is 51.2 Å². The molecule has 0 spiro atoms. The second kappa shape index (κ2) is 21.4. The van der Waals surface area contributed by atoms with Crippen molar-refractivity contribution in [3.05, 3.63) is 28.8 Å². The maximum absolute atomic E-state index is 14.2. The zero-order valence-electron chi connectivity index (χ0n) is 41.9. The molecule has 2 bridgehead atoms. The zero-order valence-corrected chi connectivity index (χ0v) is 41.9. The van der Waals surface area contributed by atoms with Crippen LogP contribution in [0.25, 0.3) is 0 Å². The number of halogens is 7. The van der Waals surface area contributed by atoms with E-state index in [-0.39, 0.29) is 47.3 Å². The predicted octanol–water partition coefficient (Wildman–Crippen LogP) is 12.4. The van der Waals surface area contributed by atoms with Gasteiger partial charge in [0.15, 0.2) is 17.0 Å². The lowest BCUT2D eigenvalue weighted by Crippen LogP contribution is -2.47. The molecule has 5 unspecified atom stereocenters. The maximum Gasteiger partial charge on any atom is 0.422 e. The van der Waals surface area contributed by atoms with Gasteiger partial charge < -0.3 is 23.7 Å². The minimum absolute atomic E-state index is 0.0309. The van der Waals surface area contributed by atoms with Crippen molar-refractivity contribution in [1.29, 1.82) is 0 Å². The number of benzene rings is 1. The lowest BCUT2D eigenvalue weighted by Gasteiger charge is -2.38. The molecular weight excluding hydrogens is 894 g/mol. The van der Waals surface area contributed by atoms with E-state index in [2.05, 4.69) is 46.3 Å². The van der Waals surface area contributed by atoms with Crippen LogP contribution in [0.15, 0.2) is 0 Å². The van der Waals surface area contributed by atoms with Crippen molar-refractivity contribution in [3.63, 3.8) is 0 Å². The zero-order chi connectivity index (χ0) is 51.6. The van der Waals surface area contributed by atoms with Crippen LogP contribution in [-0.4, -0.2) is 53.8 Å². The van der Waals surface area contributed by atoms with E-state index in [1.807, 2.05) is 41.5 Å². The topological polar surface area (TPSA) is 132 Å². The Kier molecular flexibility index (Phi) is 18.3. The molecule has 0 amide bonds. The van der Waals surface area contributed by atoms with Gasteiger partial charge in [0.1, 0.15) is 29.5 Å². The first-order valence-corrected chi connectivity index (χ1v) is 23.6. The van der Waals surface area contributed by atoms with E-state index in [4.69, 9.17) is 18.9 Å². The van der Waals surface area contributed by atoms with Gasteiger partial charge in [0.2, 0.25) is 17.4 Å². The van der Waals surface area contributed by atoms with Crippen molar-refractivity contribution in [2.75, 3.05) is 0 Å². The number of rotatable bonds is 14. The van der Waals surface area contributed by atoms with E-state index >= 15 is 0 Å². The summed E-state index contributed by atoms with van der Waals surface area (Å²) >= 11 is 0. The second-order valence-electron chi connectivity index (χ2n) is 21.8. The van der Waals surface area contributed by atoms with Gasteiger partial charge in [-0.15, -0.1) is 0 Å². The number of carbonyl (C=O) groups excluding carboxylic acids is 5. The van der Waals surface area contributed by atoms with Gasteiger partial charge >= 0.3 is 36.0 Å². The van der Waals surface area contributed by atoms with Gasteiger partial charge in [-0.05, 0) is 118 Å². The summed E-state index contributed by atoms with van der Waals surface area (Å²) in [5.74, 6) is -16.5. The van der Waals surface area contributed by atoms with Gasteiger partial charge in [0.25, 0.3) is 0 Å². The quantitative estimate of drug-likeness (QED) is 0.0443. The maximum atomic E-state index is 14.2. The highest BCUT2D eigenvalue weighted by molar-refractivity contribution is 6.03. The molecule has 1 saturated heterocycles. The summed E-state index contributed by atoms with van der Waals surface area (Å²) in [7, 11) is 0. The molecule has 3 saturated carbocycles. The van der Waals surface area contributed by atoms with Gasteiger partial charge in [-0.25, -0.2) is 8.78 Å². The summed E-state index contributed by atoms with van der Waals surface area (Å²) in [4.78, 5) is 62.1. The summed E-state index contributed by atoms with van der Waals surface area (Å²) in [5.41, 5.74) is -6.80. The number of hydrogen-bond donors (Lipinski definition) is 0. The molecule has 17 heteroatoms. The first kappa shape index (κ1) is 57.4. The normalized spacial score (nSPS) is 23.0. The average Bonchev–Trinajstić information content (AvgIpc) is 3.86. The summed E-state index contributed by atoms with van der Waals surface area (Å²) in [5, 5.41) is 0. The fourth-order valence-corrected chi connectivity index (χ4v) is 8.86. The predicted molar refractivity (Wildman–Crippen MR) is 234 cm³/mol. The third-order valence-corrected chi connectivity index (χ3v) is 14.7. The van der Waals surface area contributed by atoms with Crippen molar-refractivity contribution in [3.8, 4) is 5.75 Å². The molecule has 1 aliphatic heterocycles. The Balaban J connectivity index is 0.000000310. The molecule has 382 valence electrons. The summed E-state index contributed by atoms with van der Waals surface area (Å²) in [6.45, 7) is 29.5. The van der Waals surface area contributed by atoms with Gasteiger partial charge in [0.05, 0.1) is 16.2 Å². The third-order valence-electron chi connectivity index (χ3n) is 14.7. The molecule has 1 heterocycles. The molecule has 5 atom stereocenters. The number of fused-ring (bicyclic) bond motifs is 1. The van der Waals surface area contributed by atoms with Crippen LogP contribution in [0.1, 0.15) is 174 Å². The van der Waals surface area contributed by atoms with Crippen molar-refractivity contribution in [2.45, 2.75) is 198 Å². The molecule has 10 nitrogen and oxygen atoms in total. The SMILES string of the molecule is CCC(C)(C)C(=O)OC(C(C)C)C(C)C.CCC(C)(C)C(=O)OC(C)(C)C1CCCCC1.CCC(C)(C)C(=O)OC1C2CC3C1OC(=O)C3(C(=O)Oc1c(F)c(F)c(C(F)(F)F)c(F)c1F)C2. The van der Waals surface area contributed by atoms with Crippen LogP contribution in [0.3, 0.4) is 0 Å². The molecule has 4 aliphatic rings. The Hall–Kier alpha value is -3.92. The molecule has 5 rings (SSSR count). The van der Waals surface area contributed by atoms with E-state index in [1.165, 1.54) is 32.1 Å². The van der Waals surface area contributed by atoms with Crippen LogP contribution in [0, 0.1) is 74.5 Å². The van der Waals surface area contributed by atoms with Gasteiger partial charge in [0, 0.05) is 11.8 Å². The molecule has 4 fully saturated rings. The van der Waals surface area contributed by atoms with Crippen LogP contribution in [-0.2, 0) is 49.1 Å². The smallest absolute Gasteiger partial charge is 0.422 e. The van der Waals surface area contributed by atoms with E-state index in [1.54, 1.807) is 20.8 Å². The van der Waals surface area contributed by atoms with Crippen LogP contribution in [0.5, 0.6) is 5.75 Å². The van der Waals surface area contributed by atoms with Crippen LogP contribution >= 0.6 is 0 Å². The molecule has 0 radical (unpaired) electrons. The molecule has 0 N–H and O–H groups in total. The van der Waals surface area contributed by atoms with E-state index in [9.17, 15) is 54.7 Å². The Morgan fingerprint density at radius 1 is 0.701 bits per heavy atom. The largest absolute Gasteiger partial charge is 0.461 e. The number of hydrogen-bond acceptors (Lipinski definition) is 10. The van der Waals surface area contributed by atoms with Crippen molar-refractivity contribution in [1.82, 2.24) is 0 Å². The van der Waals surface area contributed by atoms with Crippen LogP contribution < -0.4 is 4.74 Å². The standard InChI is InChI=1S/C22H19F7O6.C15H28O2.C13H26O2/c1-4-20(2,3)17(30)33-14-7-5-8-15(14)34-18(31)21(8,6-7)19(32)35-16-12(25)10(23)9(22(27,28)29)11(24)13(16)26;1-6-14(2,3)13(16)17-15(4,5)12-10-8-7-9-11-12;1-8-13(6,7)12(14)15-11(9(2)3)10(4)5/h7-8,14-15H,4-6H2,1-3H3;12H,6-11H2,1-5H3;9-11H,8H2,1-7H3. The summed E-state index contributed by atoms with van der Waals surface area (Å²) in [6.07, 6.45) is 0.507. The molecule has 1 aromatic carbocycles. The molecular formula is C50H73F7O10. The Morgan fingerprint density at radius 2 is 1.16 bits per heavy atom. The number of esters is 5. The molecule has 67 heavy (non-hydrogen) atoms. The molecule has 1 aromatic rings. The fraction of sp³-hybridized carbons (Fsp3) is 0.780.